The molecule has 1 saturated heterocycles. The van der Waals surface area contributed by atoms with Crippen LogP contribution in [0.1, 0.15) is 51.5 Å². The summed E-state index contributed by atoms with van der Waals surface area (Å²) >= 11 is 5.98. The summed E-state index contributed by atoms with van der Waals surface area (Å²) in [6, 6.07) is 5.84. The summed E-state index contributed by atoms with van der Waals surface area (Å²) in [6.07, 6.45) is 3.50. The third kappa shape index (κ3) is 5.36. The Hall–Kier alpha value is -1.79. The van der Waals surface area contributed by atoms with Crippen LogP contribution in [0.2, 0.25) is 5.02 Å². The van der Waals surface area contributed by atoms with Crippen LogP contribution in [0.15, 0.2) is 24.3 Å². The fourth-order valence-electron chi connectivity index (χ4n) is 3.75. The summed E-state index contributed by atoms with van der Waals surface area (Å²) in [5.74, 6) is -1.59. The lowest BCUT2D eigenvalue weighted by Crippen LogP contribution is -2.71. The van der Waals surface area contributed by atoms with Crippen molar-refractivity contribution >= 4 is 23.6 Å². The third-order valence-corrected chi connectivity index (χ3v) is 5.35. The number of carbonyl (C=O) groups excluding carboxylic acids is 1. The van der Waals surface area contributed by atoms with E-state index in [0.717, 1.165) is 36.1 Å². The average molecular weight is 397 g/mol. The predicted octanol–water partition coefficient (Wildman–Crippen LogP) is 3.65. The lowest BCUT2D eigenvalue weighted by atomic mass is 9.82. The molecule has 0 bridgehead atoms. The van der Waals surface area contributed by atoms with Gasteiger partial charge in [0.05, 0.1) is 0 Å². The first kappa shape index (κ1) is 21.5. The molecule has 1 unspecified atom stereocenters. The number of aryl methyl sites for hydroxylation is 1. The van der Waals surface area contributed by atoms with Crippen LogP contribution in [0.25, 0.3) is 0 Å². The zero-order valence-corrected chi connectivity index (χ0v) is 16.7. The van der Waals surface area contributed by atoms with Crippen molar-refractivity contribution < 1.29 is 19.8 Å². The third-order valence-electron chi connectivity index (χ3n) is 5.12. The molecule has 3 N–H and O–H groups in total. The molecule has 1 fully saturated rings. The number of hydrogen-bond acceptors (Lipinski definition) is 3. The second-order valence-electron chi connectivity index (χ2n) is 7.16. The number of carboxylic acids is 1. The highest BCUT2D eigenvalue weighted by molar-refractivity contribution is 6.30. The lowest BCUT2D eigenvalue weighted by Gasteiger charge is -2.50. The number of urea groups is 1. The molecule has 1 heterocycles. The molecule has 3 atom stereocenters. The van der Waals surface area contributed by atoms with Gasteiger partial charge in [0.15, 0.2) is 0 Å². The van der Waals surface area contributed by atoms with E-state index in [1.54, 1.807) is 6.07 Å². The van der Waals surface area contributed by atoms with E-state index in [0.29, 0.717) is 17.9 Å². The summed E-state index contributed by atoms with van der Waals surface area (Å²) in [6.45, 7) is 4.08. The monoisotopic (exact) mass is 396 g/mol. The Morgan fingerprint density at radius 3 is 2.48 bits per heavy atom. The van der Waals surface area contributed by atoms with Gasteiger partial charge in [-0.3, -0.25) is 4.90 Å². The Balaban J connectivity index is 2.00. The molecule has 7 heteroatoms. The number of aliphatic hydroxyl groups is 1. The highest BCUT2D eigenvalue weighted by Gasteiger charge is 2.54. The summed E-state index contributed by atoms with van der Waals surface area (Å²) in [5, 5.41) is 23.5. The highest BCUT2D eigenvalue weighted by atomic mass is 35.5. The number of rotatable bonds is 9. The van der Waals surface area contributed by atoms with E-state index in [4.69, 9.17) is 11.6 Å². The Morgan fingerprint density at radius 2 is 1.93 bits per heavy atom. The summed E-state index contributed by atoms with van der Waals surface area (Å²) < 4.78 is 0. The maximum atomic E-state index is 12.5. The standard InChI is InChI=1S/C20H29ClN2O4/c1-3-6-15(7-4-2)22-20(27)23-17(19(25)26)16(18(23)24)11-10-13-8-5-9-14(21)12-13/h5,8-9,12,15-18,24H,3-4,6-7,10-11H2,1-2H3,(H,22,27)(H,25,26)/t16-,17+,18?/m1/s1. The molecule has 27 heavy (non-hydrogen) atoms. The van der Waals surface area contributed by atoms with Crippen molar-refractivity contribution in [3.63, 3.8) is 0 Å². The first-order chi connectivity index (χ1) is 12.9. The number of halogens is 1. The van der Waals surface area contributed by atoms with Crippen LogP contribution in [0, 0.1) is 5.92 Å². The Kier molecular flexibility index (Phi) is 7.92. The molecule has 1 aromatic carbocycles. The van der Waals surface area contributed by atoms with Crippen LogP contribution in [-0.2, 0) is 11.2 Å². The van der Waals surface area contributed by atoms with Crippen LogP contribution >= 0.6 is 11.6 Å². The van der Waals surface area contributed by atoms with Crippen molar-refractivity contribution in [1.29, 1.82) is 0 Å². The number of hydrogen-bond donors (Lipinski definition) is 3. The van der Waals surface area contributed by atoms with Crippen molar-refractivity contribution in [2.45, 2.75) is 70.7 Å². The van der Waals surface area contributed by atoms with Crippen molar-refractivity contribution in [2.75, 3.05) is 0 Å². The van der Waals surface area contributed by atoms with E-state index in [9.17, 15) is 19.8 Å². The van der Waals surface area contributed by atoms with Gasteiger partial charge in [0, 0.05) is 17.0 Å². The Morgan fingerprint density at radius 1 is 1.26 bits per heavy atom. The highest BCUT2D eigenvalue weighted by Crippen LogP contribution is 2.35. The van der Waals surface area contributed by atoms with Crippen LogP contribution in [0.5, 0.6) is 0 Å². The average Bonchev–Trinajstić information content (AvgIpc) is 2.59. The SMILES string of the molecule is CCCC(CCC)NC(=O)N1C(O)[C@H](CCc2cccc(Cl)c2)[C@H]1C(=O)O. The van der Waals surface area contributed by atoms with Gasteiger partial charge in [-0.25, -0.2) is 9.59 Å². The van der Waals surface area contributed by atoms with Crippen LogP contribution in [-0.4, -0.2) is 45.4 Å². The van der Waals surface area contributed by atoms with E-state index in [2.05, 4.69) is 5.32 Å². The van der Waals surface area contributed by atoms with Crippen molar-refractivity contribution in [3.8, 4) is 0 Å². The topological polar surface area (TPSA) is 89.9 Å². The molecule has 0 aromatic heterocycles. The second-order valence-corrected chi connectivity index (χ2v) is 7.60. The molecular weight excluding hydrogens is 368 g/mol. The Labute approximate surface area is 165 Å². The van der Waals surface area contributed by atoms with E-state index in [1.807, 2.05) is 32.0 Å². The van der Waals surface area contributed by atoms with Gasteiger partial charge in [-0.1, -0.05) is 50.4 Å². The molecule has 1 aromatic rings. The molecule has 0 saturated carbocycles. The predicted molar refractivity (Wildman–Crippen MR) is 105 cm³/mol. The number of aliphatic hydroxyl groups excluding tert-OH is 1. The van der Waals surface area contributed by atoms with Crippen molar-refractivity contribution in [2.24, 2.45) is 5.92 Å². The van der Waals surface area contributed by atoms with Crippen LogP contribution in [0.3, 0.4) is 0 Å². The van der Waals surface area contributed by atoms with Crippen molar-refractivity contribution in [3.05, 3.63) is 34.9 Å². The maximum Gasteiger partial charge on any atom is 0.327 e. The van der Waals surface area contributed by atoms with E-state index < -0.39 is 30.2 Å². The number of nitrogens with zero attached hydrogens (tertiary/aromatic N) is 1. The number of nitrogens with one attached hydrogen (secondary N) is 1. The number of likely N-dealkylation sites (tertiary alicyclic amines) is 1. The summed E-state index contributed by atoms with van der Waals surface area (Å²) in [7, 11) is 0. The lowest BCUT2D eigenvalue weighted by molar-refractivity contribution is -0.181. The fourth-order valence-corrected chi connectivity index (χ4v) is 3.97. The van der Waals surface area contributed by atoms with Gasteiger partial charge < -0.3 is 15.5 Å². The van der Waals surface area contributed by atoms with E-state index in [1.165, 1.54) is 0 Å². The Bertz CT molecular complexity index is 649. The summed E-state index contributed by atoms with van der Waals surface area (Å²) in [4.78, 5) is 25.3. The minimum atomic E-state index is -1.09. The maximum absolute atomic E-state index is 12.5. The quantitative estimate of drug-likeness (QED) is 0.594. The number of benzene rings is 1. The van der Waals surface area contributed by atoms with Gasteiger partial charge >= 0.3 is 12.0 Å². The molecule has 150 valence electrons. The van der Waals surface area contributed by atoms with Gasteiger partial charge in [-0.15, -0.1) is 0 Å². The summed E-state index contributed by atoms with van der Waals surface area (Å²) in [5.41, 5.74) is 0.979. The van der Waals surface area contributed by atoms with Gasteiger partial charge in [0.2, 0.25) is 0 Å². The van der Waals surface area contributed by atoms with Gasteiger partial charge in [-0.2, -0.15) is 0 Å². The zero-order valence-electron chi connectivity index (χ0n) is 15.9. The number of carboxylic acid groups (broad SMARTS) is 1. The fraction of sp³-hybridized carbons (Fsp3) is 0.600. The first-order valence-corrected chi connectivity index (χ1v) is 10.0. The normalized spacial score (nSPS) is 21.8. The molecule has 0 spiro atoms. The molecule has 1 aliphatic heterocycles. The molecule has 1 aliphatic rings. The second kappa shape index (κ2) is 9.95. The van der Waals surface area contributed by atoms with Crippen molar-refractivity contribution in [1.82, 2.24) is 10.2 Å². The smallest absolute Gasteiger partial charge is 0.327 e. The zero-order chi connectivity index (χ0) is 20.0. The molecule has 2 rings (SSSR count). The minimum absolute atomic E-state index is 0.000319. The molecular formula is C20H29ClN2O4. The number of amides is 2. The largest absolute Gasteiger partial charge is 0.480 e. The van der Waals surface area contributed by atoms with Gasteiger partial charge in [0.25, 0.3) is 0 Å². The van der Waals surface area contributed by atoms with Crippen LogP contribution < -0.4 is 5.32 Å². The molecule has 6 nitrogen and oxygen atoms in total. The minimum Gasteiger partial charge on any atom is -0.480 e. The number of carbonyl (C=O) groups is 2. The molecule has 0 aliphatic carbocycles. The van der Waals surface area contributed by atoms with E-state index >= 15 is 0 Å². The van der Waals surface area contributed by atoms with Gasteiger partial charge in [0.1, 0.15) is 12.3 Å². The molecule has 0 radical (unpaired) electrons. The molecule has 2 amide bonds. The first-order valence-electron chi connectivity index (χ1n) is 9.63. The van der Waals surface area contributed by atoms with Gasteiger partial charge in [-0.05, 0) is 43.4 Å². The van der Waals surface area contributed by atoms with Crippen LogP contribution in [0.4, 0.5) is 4.79 Å². The van der Waals surface area contributed by atoms with E-state index in [-0.39, 0.29) is 6.04 Å². The number of aliphatic carboxylic acids is 1.